The molecule has 0 spiro atoms. The minimum absolute atomic E-state index is 0.0942. The predicted molar refractivity (Wildman–Crippen MR) is 60.7 cm³/mol. The van der Waals surface area contributed by atoms with Crippen LogP contribution in [-0.4, -0.2) is 17.6 Å². The van der Waals surface area contributed by atoms with Crippen LogP contribution in [0.2, 0.25) is 0 Å². The maximum absolute atomic E-state index is 12.6. The third kappa shape index (κ3) is 2.98. The Kier molecular flexibility index (Phi) is 4.95. The average Bonchev–Trinajstić information content (AvgIpc) is 2.28. The molecule has 0 unspecified atom stereocenters. The van der Waals surface area contributed by atoms with Crippen LogP contribution in [0.5, 0.6) is 0 Å². The van der Waals surface area contributed by atoms with Crippen LogP contribution >= 0.6 is 15.9 Å². The van der Waals surface area contributed by atoms with E-state index >= 15 is 0 Å². The van der Waals surface area contributed by atoms with Crippen molar-refractivity contribution in [3.05, 3.63) is 27.5 Å². The van der Waals surface area contributed by atoms with E-state index in [1.807, 2.05) is 0 Å². The summed E-state index contributed by atoms with van der Waals surface area (Å²) in [6.07, 6.45) is -1.68. The number of pyridine rings is 1. The standard InChI is InChI=1S/C10H11BrF2N2O2/c1-2-17-10(16)6-4-15-8(9(12)13)5(3-14)7(6)11/h4,9H,2-3,14H2,1H3. The highest BCUT2D eigenvalue weighted by Gasteiger charge is 2.22. The summed E-state index contributed by atoms with van der Waals surface area (Å²) < 4.78 is 30.2. The molecule has 0 aliphatic carbocycles. The normalized spacial score (nSPS) is 10.7. The molecule has 0 aromatic carbocycles. The first-order valence-corrected chi connectivity index (χ1v) is 5.64. The van der Waals surface area contributed by atoms with E-state index in [2.05, 4.69) is 20.9 Å². The van der Waals surface area contributed by atoms with Gasteiger partial charge in [-0.25, -0.2) is 13.6 Å². The van der Waals surface area contributed by atoms with Crippen molar-refractivity contribution >= 4 is 21.9 Å². The van der Waals surface area contributed by atoms with Gasteiger partial charge in [0.15, 0.2) is 0 Å². The van der Waals surface area contributed by atoms with E-state index in [0.29, 0.717) is 0 Å². The molecule has 0 radical (unpaired) electrons. The average molecular weight is 309 g/mol. The van der Waals surface area contributed by atoms with Gasteiger partial charge >= 0.3 is 5.97 Å². The molecule has 7 heteroatoms. The number of carbonyl (C=O) groups is 1. The molecule has 0 aliphatic heterocycles. The van der Waals surface area contributed by atoms with Crippen LogP contribution in [0.1, 0.15) is 35.0 Å². The van der Waals surface area contributed by atoms with Gasteiger partial charge < -0.3 is 10.5 Å². The molecule has 2 N–H and O–H groups in total. The Labute approximate surface area is 105 Å². The molecule has 0 atom stereocenters. The van der Waals surface area contributed by atoms with Crippen LogP contribution in [0.15, 0.2) is 10.7 Å². The lowest BCUT2D eigenvalue weighted by Crippen LogP contribution is -2.12. The zero-order valence-corrected chi connectivity index (χ0v) is 10.6. The van der Waals surface area contributed by atoms with Gasteiger partial charge in [0, 0.05) is 22.8 Å². The van der Waals surface area contributed by atoms with Gasteiger partial charge in [-0.2, -0.15) is 0 Å². The molecule has 0 aliphatic rings. The largest absolute Gasteiger partial charge is 0.462 e. The Morgan fingerprint density at radius 3 is 2.76 bits per heavy atom. The number of aromatic nitrogens is 1. The Morgan fingerprint density at radius 1 is 1.65 bits per heavy atom. The summed E-state index contributed by atoms with van der Waals surface area (Å²) in [5, 5.41) is 0. The van der Waals surface area contributed by atoms with Gasteiger partial charge in [0.25, 0.3) is 6.43 Å². The molecule has 1 aromatic rings. The van der Waals surface area contributed by atoms with Crippen molar-refractivity contribution in [3.63, 3.8) is 0 Å². The summed E-state index contributed by atoms with van der Waals surface area (Å²) in [7, 11) is 0. The number of hydrogen-bond donors (Lipinski definition) is 1. The molecule has 1 heterocycles. The van der Waals surface area contributed by atoms with Gasteiger partial charge in [-0.1, -0.05) is 0 Å². The smallest absolute Gasteiger partial charge is 0.340 e. The highest BCUT2D eigenvalue weighted by molar-refractivity contribution is 9.10. The highest BCUT2D eigenvalue weighted by atomic mass is 79.9. The molecule has 17 heavy (non-hydrogen) atoms. The molecule has 1 aromatic heterocycles. The quantitative estimate of drug-likeness (QED) is 0.868. The van der Waals surface area contributed by atoms with E-state index in [4.69, 9.17) is 10.5 Å². The van der Waals surface area contributed by atoms with Gasteiger partial charge in [0.1, 0.15) is 5.69 Å². The van der Waals surface area contributed by atoms with Gasteiger partial charge in [0.2, 0.25) is 0 Å². The van der Waals surface area contributed by atoms with Crippen molar-refractivity contribution < 1.29 is 18.3 Å². The number of halogens is 3. The first kappa shape index (κ1) is 14.0. The third-order valence-electron chi connectivity index (χ3n) is 2.05. The molecule has 4 nitrogen and oxygen atoms in total. The number of ether oxygens (including phenoxy) is 1. The number of hydrogen-bond acceptors (Lipinski definition) is 4. The first-order valence-electron chi connectivity index (χ1n) is 4.85. The number of rotatable bonds is 4. The summed E-state index contributed by atoms with van der Waals surface area (Å²) >= 11 is 3.08. The van der Waals surface area contributed by atoms with E-state index in [1.54, 1.807) is 6.92 Å². The fourth-order valence-electron chi connectivity index (χ4n) is 1.28. The van der Waals surface area contributed by atoms with Crippen LogP contribution in [0.25, 0.3) is 0 Å². The van der Waals surface area contributed by atoms with E-state index < -0.39 is 18.1 Å². The fourth-order valence-corrected chi connectivity index (χ4v) is 1.91. The Balaban J connectivity index is 3.24. The Bertz CT molecular complexity index is 427. The van der Waals surface area contributed by atoms with E-state index in [9.17, 15) is 13.6 Å². The summed E-state index contributed by atoms with van der Waals surface area (Å²) in [5.41, 5.74) is 5.16. The van der Waals surface area contributed by atoms with Crippen molar-refractivity contribution in [2.75, 3.05) is 6.61 Å². The minimum Gasteiger partial charge on any atom is -0.462 e. The maximum Gasteiger partial charge on any atom is 0.340 e. The fraction of sp³-hybridized carbons (Fsp3) is 0.400. The predicted octanol–water partition coefficient (Wildman–Crippen LogP) is 2.42. The monoisotopic (exact) mass is 308 g/mol. The molecule has 94 valence electrons. The summed E-state index contributed by atoms with van der Waals surface area (Å²) in [5.74, 6) is -0.623. The van der Waals surface area contributed by atoms with Crippen molar-refractivity contribution in [1.29, 1.82) is 0 Å². The van der Waals surface area contributed by atoms with E-state index in [1.165, 1.54) is 0 Å². The molecular formula is C10H11BrF2N2O2. The summed E-state index contributed by atoms with van der Waals surface area (Å²) in [4.78, 5) is 15.0. The van der Waals surface area contributed by atoms with Gasteiger partial charge in [-0.3, -0.25) is 4.98 Å². The summed E-state index contributed by atoms with van der Waals surface area (Å²) in [6.45, 7) is 1.71. The third-order valence-corrected chi connectivity index (χ3v) is 2.96. The topological polar surface area (TPSA) is 65.2 Å². The Morgan fingerprint density at radius 2 is 2.29 bits per heavy atom. The van der Waals surface area contributed by atoms with E-state index in [0.717, 1.165) is 6.20 Å². The number of carbonyl (C=O) groups excluding carboxylic acids is 1. The van der Waals surface area contributed by atoms with Crippen LogP contribution < -0.4 is 5.73 Å². The number of alkyl halides is 2. The molecule has 0 amide bonds. The van der Waals surface area contributed by atoms with Crippen LogP contribution in [-0.2, 0) is 11.3 Å². The van der Waals surface area contributed by atoms with Crippen LogP contribution in [0, 0.1) is 0 Å². The van der Waals surface area contributed by atoms with Crippen molar-refractivity contribution in [1.82, 2.24) is 4.98 Å². The number of esters is 1. The number of nitrogens with zero attached hydrogens (tertiary/aromatic N) is 1. The van der Waals surface area contributed by atoms with Gasteiger partial charge in [-0.15, -0.1) is 0 Å². The second kappa shape index (κ2) is 6.02. The molecule has 0 saturated carbocycles. The second-order valence-corrected chi connectivity index (χ2v) is 3.87. The number of nitrogens with two attached hydrogens (primary N) is 1. The van der Waals surface area contributed by atoms with Crippen LogP contribution in [0.4, 0.5) is 8.78 Å². The zero-order chi connectivity index (χ0) is 13.0. The molecule has 0 bridgehead atoms. The van der Waals surface area contributed by atoms with Crippen molar-refractivity contribution in [2.45, 2.75) is 19.9 Å². The van der Waals surface area contributed by atoms with Gasteiger partial charge in [-0.05, 0) is 22.9 Å². The van der Waals surface area contributed by atoms with Gasteiger partial charge in [0.05, 0.1) is 12.2 Å². The first-order chi connectivity index (χ1) is 8.02. The maximum atomic E-state index is 12.6. The lowest BCUT2D eigenvalue weighted by Gasteiger charge is -2.11. The summed E-state index contributed by atoms with van der Waals surface area (Å²) in [6, 6.07) is 0. The minimum atomic E-state index is -2.74. The highest BCUT2D eigenvalue weighted by Crippen LogP contribution is 2.29. The molecule has 0 fully saturated rings. The SMILES string of the molecule is CCOC(=O)c1cnc(C(F)F)c(CN)c1Br. The molecular weight excluding hydrogens is 298 g/mol. The molecule has 1 rings (SSSR count). The zero-order valence-electron chi connectivity index (χ0n) is 9.04. The van der Waals surface area contributed by atoms with Crippen molar-refractivity contribution in [3.8, 4) is 0 Å². The second-order valence-electron chi connectivity index (χ2n) is 3.07. The van der Waals surface area contributed by atoms with Crippen LogP contribution in [0.3, 0.4) is 0 Å². The molecule has 0 saturated heterocycles. The van der Waals surface area contributed by atoms with E-state index in [-0.39, 0.29) is 28.8 Å². The lowest BCUT2D eigenvalue weighted by molar-refractivity contribution is 0.0524. The van der Waals surface area contributed by atoms with Crippen molar-refractivity contribution in [2.24, 2.45) is 5.73 Å². The Hall–Kier alpha value is -1.08. The lowest BCUT2D eigenvalue weighted by atomic mass is 10.1.